The van der Waals surface area contributed by atoms with Gasteiger partial charge in [0.25, 0.3) is 0 Å². The van der Waals surface area contributed by atoms with Crippen LogP contribution in [0.3, 0.4) is 0 Å². The van der Waals surface area contributed by atoms with Gasteiger partial charge in [0.1, 0.15) is 6.04 Å². The van der Waals surface area contributed by atoms with E-state index >= 15 is 0 Å². The Morgan fingerprint density at radius 2 is 2.53 bits per heavy atom. The lowest BCUT2D eigenvalue weighted by Crippen LogP contribution is -2.31. The Labute approximate surface area is 88.7 Å². The summed E-state index contributed by atoms with van der Waals surface area (Å²) in [5.41, 5.74) is 0. The molecule has 15 heavy (non-hydrogen) atoms. The lowest BCUT2D eigenvalue weighted by molar-refractivity contribution is -0.124. The van der Waals surface area contributed by atoms with Crippen LogP contribution in [0.1, 0.15) is 25.8 Å². The fourth-order valence-electron chi connectivity index (χ4n) is 1.16. The van der Waals surface area contributed by atoms with Gasteiger partial charge in [0, 0.05) is 25.4 Å². The maximum atomic E-state index is 11.5. The number of nitrogens with zero attached hydrogens (tertiary/aromatic N) is 3. The number of rotatable bonds is 5. The first kappa shape index (κ1) is 11.2. The van der Waals surface area contributed by atoms with E-state index < -0.39 is 0 Å². The highest BCUT2D eigenvalue weighted by Crippen LogP contribution is 2.02. The molecule has 0 saturated heterocycles. The number of hydrogen-bond acceptors (Lipinski definition) is 3. The van der Waals surface area contributed by atoms with E-state index in [1.165, 1.54) is 0 Å². The van der Waals surface area contributed by atoms with Crippen LogP contribution in [0, 0.1) is 11.3 Å². The van der Waals surface area contributed by atoms with E-state index in [2.05, 4.69) is 10.4 Å². The fourth-order valence-corrected chi connectivity index (χ4v) is 1.16. The van der Waals surface area contributed by atoms with Gasteiger partial charge in [0.15, 0.2) is 0 Å². The number of hydrogen-bond donors (Lipinski definition) is 1. The molecule has 1 N–H and O–H groups in total. The topological polar surface area (TPSA) is 70.7 Å². The van der Waals surface area contributed by atoms with Gasteiger partial charge in [0.2, 0.25) is 5.91 Å². The molecule has 0 fully saturated rings. The van der Waals surface area contributed by atoms with Crippen molar-refractivity contribution < 1.29 is 4.79 Å². The quantitative estimate of drug-likeness (QED) is 0.726. The SMILES string of the molecule is CC(C(=O)NCCCC#N)n1cccn1. The number of carbonyl (C=O) groups excluding carboxylic acids is 1. The van der Waals surface area contributed by atoms with E-state index in [0.29, 0.717) is 19.4 Å². The van der Waals surface area contributed by atoms with Crippen molar-refractivity contribution in [3.8, 4) is 6.07 Å². The summed E-state index contributed by atoms with van der Waals surface area (Å²) in [6.07, 6.45) is 4.55. The zero-order chi connectivity index (χ0) is 11.1. The molecule has 0 aromatic carbocycles. The van der Waals surface area contributed by atoms with Crippen LogP contribution >= 0.6 is 0 Å². The van der Waals surface area contributed by atoms with E-state index in [4.69, 9.17) is 5.26 Å². The largest absolute Gasteiger partial charge is 0.354 e. The molecule has 1 rings (SSSR count). The van der Waals surface area contributed by atoms with Gasteiger partial charge >= 0.3 is 0 Å². The van der Waals surface area contributed by atoms with Gasteiger partial charge in [-0.25, -0.2) is 0 Å². The first-order valence-electron chi connectivity index (χ1n) is 4.89. The zero-order valence-corrected chi connectivity index (χ0v) is 8.68. The minimum atomic E-state index is -0.304. The Bertz CT molecular complexity index is 339. The van der Waals surface area contributed by atoms with Crippen molar-refractivity contribution in [2.45, 2.75) is 25.8 Å². The molecule has 0 bridgehead atoms. The molecule has 1 unspecified atom stereocenters. The highest BCUT2D eigenvalue weighted by molar-refractivity contribution is 5.79. The van der Waals surface area contributed by atoms with Crippen molar-refractivity contribution in [1.29, 1.82) is 5.26 Å². The monoisotopic (exact) mass is 206 g/mol. The van der Waals surface area contributed by atoms with Crippen LogP contribution in [0.25, 0.3) is 0 Å². The highest BCUT2D eigenvalue weighted by atomic mass is 16.2. The standard InChI is InChI=1S/C10H14N4O/c1-9(14-8-4-7-13-14)10(15)12-6-3-2-5-11/h4,7-9H,2-3,6H2,1H3,(H,12,15). The van der Waals surface area contributed by atoms with Crippen molar-refractivity contribution >= 4 is 5.91 Å². The number of nitrogens with one attached hydrogen (secondary N) is 1. The normalized spacial score (nSPS) is 11.7. The van der Waals surface area contributed by atoms with Gasteiger partial charge in [-0.1, -0.05) is 0 Å². The van der Waals surface area contributed by atoms with Crippen molar-refractivity contribution in [2.24, 2.45) is 0 Å². The van der Waals surface area contributed by atoms with Crippen LogP contribution in [0.2, 0.25) is 0 Å². The number of nitriles is 1. The minimum Gasteiger partial charge on any atom is -0.354 e. The molecule has 0 aliphatic rings. The molecule has 1 heterocycles. The van der Waals surface area contributed by atoms with E-state index in [1.54, 1.807) is 30.1 Å². The predicted molar refractivity (Wildman–Crippen MR) is 54.8 cm³/mol. The molecule has 0 aliphatic carbocycles. The van der Waals surface area contributed by atoms with Gasteiger partial charge < -0.3 is 5.32 Å². The van der Waals surface area contributed by atoms with E-state index in [9.17, 15) is 4.79 Å². The highest BCUT2D eigenvalue weighted by Gasteiger charge is 2.13. The fraction of sp³-hybridized carbons (Fsp3) is 0.500. The van der Waals surface area contributed by atoms with Crippen LogP contribution in [0.5, 0.6) is 0 Å². The summed E-state index contributed by atoms with van der Waals surface area (Å²) >= 11 is 0. The third-order valence-corrected chi connectivity index (χ3v) is 2.07. The van der Waals surface area contributed by atoms with Crippen LogP contribution in [0.4, 0.5) is 0 Å². The third-order valence-electron chi connectivity index (χ3n) is 2.07. The maximum Gasteiger partial charge on any atom is 0.244 e. The smallest absolute Gasteiger partial charge is 0.244 e. The number of aromatic nitrogens is 2. The molecular weight excluding hydrogens is 192 g/mol. The van der Waals surface area contributed by atoms with Crippen molar-refractivity contribution in [2.75, 3.05) is 6.54 Å². The molecule has 5 heteroatoms. The lowest BCUT2D eigenvalue weighted by atomic mass is 10.3. The number of carbonyl (C=O) groups is 1. The van der Waals surface area contributed by atoms with Gasteiger partial charge in [-0.3, -0.25) is 9.48 Å². The first-order chi connectivity index (χ1) is 7.25. The summed E-state index contributed by atoms with van der Waals surface area (Å²) in [6.45, 7) is 2.32. The Morgan fingerprint density at radius 3 is 3.13 bits per heavy atom. The molecule has 0 spiro atoms. The molecule has 1 amide bonds. The summed E-state index contributed by atoms with van der Waals surface area (Å²) in [7, 11) is 0. The average Bonchev–Trinajstić information content (AvgIpc) is 2.76. The van der Waals surface area contributed by atoms with Crippen molar-refractivity contribution in [3.63, 3.8) is 0 Å². The second-order valence-corrected chi connectivity index (χ2v) is 3.21. The van der Waals surface area contributed by atoms with E-state index in [0.717, 1.165) is 0 Å². The number of unbranched alkanes of at least 4 members (excludes halogenated alkanes) is 1. The Kier molecular flexibility index (Phi) is 4.35. The third kappa shape index (κ3) is 3.43. The van der Waals surface area contributed by atoms with Crippen LogP contribution in [-0.2, 0) is 4.79 Å². The number of amides is 1. The van der Waals surface area contributed by atoms with E-state index in [-0.39, 0.29) is 11.9 Å². The molecular formula is C10H14N4O. The Balaban J connectivity index is 2.32. The summed E-state index contributed by atoms with van der Waals surface area (Å²) in [5.74, 6) is -0.0726. The van der Waals surface area contributed by atoms with Gasteiger partial charge in [-0.05, 0) is 19.4 Å². The van der Waals surface area contributed by atoms with Gasteiger partial charge in [-0.2, -0.15) is 10.4 Å². The second-order valence-electron chi connectivity index (χ2n) is 3.21. The molecule has 0 aliphatic heterocycles. The van der Waals surface area contributed by atoms with E-state index in [1.807, 2.05) is 6.07 Å². The second kappa shape index (κ2) is 5.81. The summed E-state index contributed by atoms with van der Waals surface area (Å²) in [5, 5.41) is 15.1. The van der Waals surface area contributed by atoms with Gasteiger partial charge in [0.05, 0.1) is 6.07 Å². The zero-order valence-electron chi connectivity index (χ0n) is 8.68. The molecule has 0 radical (unpaired) electrons. The van der Waals surface area contributed by atoms with Gasteiger partial charge in [-0.15, -0.1) is 0 Å². The molecule has 0 saturated carbocycles. The summed E-state index contributed by atoms with van der Waals surface area (Å²) < 4.78 is 1.60. The molecule has 80 valence electrons. The van der Waals surface area contributed by atoms with Crippen molar-refractivity contribution in [1.82, 2.24) is 15.1 Å². The predicted octanol–water partition coefficient (Wildman–Crippen LogP) is 0.864. The molecule has 1 atom stereocenters. The Hall–Kier alpha value is -1.83. The average molecular weight is 206 g/mol. The first-order valence-corrected chi connectivity index (χ1v) is 4.89. The molecule has 1 aromatic rings. The maximum absolute atomic E-state index is 11.5. The summed E-state index contributed by atoms with van der Waals surface area (Å²) in [6, 6.07) is 3.50. The van der Waals surface area contributed by atoms with Crippen LogP contribution in [-0.4, -0.2) is 22.2 Å². The van der Waals surface area contributed by atoms with Crippen molar-refractivity contribution in [3.05, 3.63) is 18.5 Å². The van der Waals surface area contributed by atoms with Crippen LogP contribution < -0.4 is 5.32 Å². The minimum absolute atomic E-state index is 0.0726. The Morgan fingerprint density at radius 1 is 1.73 bits per heavy atom. The lowest BCUT2D eigenvalue weighted by Gasteiger charge is -2.11. The molecule has 1 aromatic heterocycles. The molecule has 5 nitrogen and oxygen atoms in total. The summed E-state index contributed by atoms with van der Waals surface area (Å²) in [4.78, 5) is 11.5. The van der Waals surface area contributed by atoms with Crippen LogP contribution in [0.15, 0.2) is 18.5 Å².